The Morgan fingerprint density at radius 1 is 1.03 bits per heavy atom. The molecule has 166 valence electrons. The van der Waals surface area contributed by atoms with Gasteiger partial charge in [-0.1, -0.05) is 12.1 Å². The number of hydrogen-bond donors (Lipinski definition) is 2. The SMILES string of the molecule is COc1ccc(C(=O)N/C(=C\c2ccco2)C(=O)NCCc2ccc(F)cc2)cc1OC. The molecule has 0 unspecified atom stereocenters. The van der Waals surface area contributed by atoms with Crippen LogP contribution in [0.5, 0.6) is 11.5 Å². The van der Waals surface area contributed by atoms with Gasteiger partial charge in [-0.15, -0.1) is 0 Å². The molecular formula is C24H23FN2O5. The molecule has 3 rings (SSSR count). The molecule has 0 aliphatic heterocycles. The van der Waals surface area contributed by atoms with E-state index in [-0.39, 0.29) is 17.1 Å². The molecule has 0 fully saturated rings. The molecule has 2 N–H and O–H groups in total. The summed E-state index contributed by atoms with van der Waals surface area (Å²) >= 11 is 0. The summed E-state index contributed by atoms with van der Waals surface area (Å²) in [6, 6.07) is 14.1. The predicted molar refractivity (Wildman–Crippen MR) is 117 cm³/mol. The lowest BCUT2D eigenvalue weighted by Crippen LogP contribution is -2.35. The van der Waals surface area contributed by atoms with Gasteiger partial charge >= 0.3 is 0 Å². The van der Waals surface area contributed by atoms with Crippen molar-refractivity contribution >= 4 is 17.9 Å². The van der Waals surface area contributed by atoms with Crippen LogP contribution in [0.3, 0.4) is 0 Å². The van der Waals surface area contributed by atoms with E-state index in [0.717, 1.165) is 5.56 Å². The number of carbonyl (C=O) groups is 2. The lowest BCUT2D eigenvalue weighted by molar-refractivity contribution is -0.117. The molecule has 1 aromatic heterocycles. The highest BCUT2D eigenvalue weighted by molar-refractivity contribution is 6.05. The molecule has 0 atom stereocenters. The Bertz CT molecular complexity index is 1090. The summed E-state index contributed by atoms with van der Waals surface area (Å²) in [5.74, 6) is -0.0372. The van der Waals surface area contributed by atoms with Gasteiger partial charge in [0.25, 0.3) is 11.8 Å². The molecule has 3 aromatic rings. The van der Waals surface area contributed by atoms with Gasteiger partial charge in [-0.05, 0) is 54.4 Å². The van der Waals surface area contributed by atoms with Crippen molar-refractivity contribution in [1.29, 1.82) is 0 Å². The highest BCUT2D eigenvalue weighted by Gasteiger charge is 2.17. The maximum Gasteiger partial charge on any atom is 0.267 e. The molecule has 0 saturated carbocycles. The Kier molecular flexibility index (Phi) is 7.64. The van der Waals surface area contributed by atoms with Crippen molar-refractivity contribution in [3.05, 3.63) is 89.3 Å². The number of rotatable bonds is 9. The minimum absolute atomic E-state index is 0.0128. The van der Waals surface area contributed by atoms with Crippen molar-refractivity contribution in [3.8, 4) is 11.5 Å². The molecule has 8 heteroatoms. The first-order valence-electron chi connectivity index (χ1n) is 9.81. The fourth-order valence-electron chi connectivity index (χ4n) is 2.91. The average Bonchev–Trinajstić information content (AvgIpc) is 3.32. The molecule has 0 aliphatic rings. The fourth-order valence-corrected chi connectivity index (χ4v) is 2.91. The van der Waals surface area contributed by atoms with Crippen molar-refractivity contribution in [2.75, 3.05) is 20.8 Å². The van der Waals surface area contributed by atoms with Crippen LogP contribution in [-0.2, 0) is 11.2 Å². The number of ether oxygens (including phenoxy) is 2. The summed E-state index contributed by atoms with van der Waals surface area (Å²) in [6.07, 6.45) is 3.40. The Hall–Kier alpha value is -4.07. The lowest BCUT2D eigenvalue weighted by Gasteiger charge is -2.12. The third-order valence-electron chi connectivity index (χ3n) is 4.58. The topological polar surface area (TPSA) is 89.8 Å². The molecule has 7 nitrogen and oxygen atoms in total. The second-order valence-electron chi connectivity index (χ2n) is 6.73. The minimum Gasteiger partial charge on any atom is -0.493 e. The number of benzene rings is 2. The second kappa shape index (κ2) is 10.8. The van der Waals surface area contributed by atoms with Crippen LogP contribution in [-0.4, -0.2) is 32.6 Å². The van der Waals surface area contributed by atoms with Crippen molar-refractivity contribution in [1.82, 2.24) is 10.6 Å². The van der Waals surface area contributed by atoms with E-state index in [0.29, 0.717) is 30.2 Å². The van der Waals surface area contributed by atoms with Gasteiger partial charge in [0, 0.05) is 18.2 Å². The Morgan fingerprint density at radius 2 is 1.78 bits per heavy atom. The molecule has 1 heterocycles. The zero-order valence-electron chi connectivity index (χ0n) is 17.7. The van der Waals surface area contributed by atoms with E-state index >= 15 is 0 Å². The molecule has 2 aromatic carbocycles. The number of halogens is 1. The number of hydrogen-bond acceptors (Lipinski definition) is 5. The molecule has 32 heavy (non-hydrogen) atoms. The highest BCUT2D eigenvalue weighted by Crippen LogP contribution is 2.27. The molecule has 0 bridgehead atoms. The van der Waals surface area contributed by atoms with Crippen LogP contribution in [0.2, 0.25) is 0 Å². The van der Waals surface area contributed by atoms with E-state index in [4.69, 9.17) is 13.9 Å². The molecular weight excluding hydrogens is 415 g/mol. The molecule has 2 amide bonds. The van der Waals surface area contributed by atoms with Crippen molar-refractivity contribution in [3.63, 3.8) is 0 Å². The molecule has 0 spiro atoms. The fraction of sp³-hybridized carbons (Fsp3) is 0.167. The molecule has 0 radical (unpaired) electrons. The summed E-state index contributed by atoms with van der Waals surface area (Å²) in [5.41, 5.74) is 1.17. The smallest absolute Gasteiger partial charge is 0.267 e. The standard InChI is InChI=1S/C24H23FN2O5/c1-30-21-10-7-17(14-22(21)31-2)23(28)27-20(15-19-4-3-13-32-19)24(29)26-12-11-16-5-8-18(25)9-6-16/h3-10,13-15H,11-12H2,1-2H3,(H,26,29)(H,27,28)/b20-15-. The normalized spacial score (nSPS) is 11.0. The van der Waals surface area contributed by atoms with Crippen LogP contribution in [0.1, 0.15) is 21.7 Å². The number of methoxy groups -OCH3 is 2. The van der Waals surface area contributed by atoms with Crippen LogP contribution in [0, 0.1) is 5.82 Å². The van der Waals surface area contributed by atoms with Crippen LogP contribution < -0.4 is 20.1 Å². The summed E-state index contributed by atoms with van der Waals surface area (Å²) in [6.45, 7) is 0.298. The van der Waals surface area contributed by atoms with Gasteiger partial charge in [0.2, 0.25) is 0 Å². The van der Waals surface area contributed by atoms with Crippen LogP contribution in [0.4, 0.5) is 4.39 Å². The van der Waals surface area contributed by atoms with Gasteiger partial charge in [0.15, 0.2) is 11.5 Å². The third-order valence-corrected chi connectivity index (χ3v) is 4.58. The maximum atomic E-state index is 13.0. The summed E-state index contributed by atoms with van der Waals surface area (Å²) < 4.78 is 28.7. The van der Waals surface area contributed by atoms with E-state index in [9.17, 15) is 14.0 Å². The van der Waals surface area contributed by atoms with Gasteiger partial charge < -0.3 is 24.5 Å². The summed E-state index contributed by atoms with van der Waals surface area (Å²) in [7, 11) is 2.97. The van der Waals surface area contributed by atoms with E-state index in [1.807, 2.05) is 0 Å². The Balaban J connectivity index is 1.72. The number of furan rings is 1. The average molecular weight is 438 g/mol. The quantitative estimate of drug-likeness (QED) is 0.499. The Morgan fingerprint density at radius 3 is 2.44 bits per heavy atom. The first-order valence-corrected chi connectivity index (χ1v) is 9.81. The lowest BCUT2D eigenvalue weighted by atomic mass is 10.1. The highest BCUT2D eigenvalue weighted by atomic mass is 19.1. The van der Waals surface area contributed by atoms with Gasteiger partial charge in [-0.2, -0.15) is 0 Å². The zero-order valence-corrected chi connectivity index (χ0v) is 17.7. The van der Waals surface area contributed by atoms with Crippen molar-refractivity contribution < 1.29 is 27.9 Å². The van der Waals surface area contributed by atoms with Crippen LogP contribution in [0.15, 0.2) is 71.0 Å². The predicted octanol–water partition coefficient (Wildman–Crippen LogP) is 3.57. The van der Waals surface area contributed by atoms with Gasteiger partial charge in [-0.3, -0.25) is 9.59 Å². The summed E-state index contributed by atoms with van der Waals surface area (Å²) in [4.78, 5) is 25.6. The van der Waals surface area contributed by atoms with Gasteiger partial charge in [-0.25, -0.2) is 4.39 Å². The first kappa shape index (κ1) is 22.6. The van der Waals surface area contributed by atoms with E-state index in [2.05, 4.69) is 10.6 Å². The van der Waals surface area contributed by atoms with E-state index in [1.54, 1.807) is 36.4 Å². The van der Waals surface area contributed by atoms with Crippen molar-refractivity contribution in [2.45, 2.75) is 6.42 Å². The third kappa shape index (κ3) is 5.98. The number of nitrogens with one attached hydrogen (secondary N) is 2. The van der Waals surface area contributed by atoms with Crippen LogP contribution >= 0.6 is 0 Å². The van der Waals surface area contributed by atoms with E-state index in [1.165, 1.54) is 44.8 Å². The Labute approximate surface area is 184 Å². The van der Waals surface area contributed by atoms with E-state index < -0.39 is 11.8 Å². The monoisotopic (exact) mass is 438 g/mol. The maximum absolute atomic E-state index is 13.0. The van der Waals surface area contributed by atoms with Crippen molar-refractivity contribution in [2.24, 2.45) is 0 Å². The second-order valence-corrected chi connectivity index (χ2v) is 6.73. The number of carbonyl (C=O) groups excluding carboxylic acids is 2. The van der Waals surface area contributed by atoms with Gasteiger partial charge in [0.05, 0.1) is 20.5 Å². The number of amides is 2. The minimum atomic E-state index is -0.502. The van der Waals surface area contributed by atoms with Gasteiger partial charge in [0.1, 0.15) is 17.3 Å². The summed E-state index contributed by atoms with van der Waals surface area (Å²) in [5, 5.41) is 5.37. The van der Waals surface area contributed by atoms with Crippen LogP contribution in [0.25, 0.3) is 6.08 Å². The zero-order chi connectivity index (χ0) is 22.9. The molecule has 0 aliphatic carbocycles. The first-order chi connectivity index (χ1) is 15.5. The largest absolute Gasteiger partial charge is 0.493 e. The molecule has 0 saturated heterocycles.